The van der Waals surface area contributed by atoms with E-state index in [0.717, 1.165) is 5.56 Å². The Labute approximate surface area is 146 Å². The number of benzene rings is 1. The van der Waals surface area contributed by atoms with Crippen LogP contribution in [0.25, 0.3) is 0 Å². The second kappa shape index (κ2) is 8.68. The molecule has 1 heterocycles. The first-order chi connectivity index (χ1) is 11.5. The lowest BCUT2D eigenvalue weighted by atomic mass is 10.2. The van der Waals surface area contributed by atoms with E-state index in [0.29, 0.717) is 29.1 Å². The molecule has 0 fully saturated rings. The van der Waals surface area contributed by atoms with Crippen LogP contribution in [0.5, 0.6) is 0 Å². The normalized spacial score (nSPS) is 10.8. The first-order valence-corrected chi connectivity index (χ1v) is 8.96. The molecule has 5 nitrogen and oxygen atoms in total. The maximum atomic E-state index is 12.3. The van der Waals surface area contributed by atoms with Gasteiger partial charge < -0.3 is 5.32 Å². The van der Waals surface area contributed by atoms with E-state index in [9.17, 15) is 9.59 Å². The van der Waals surface area contributed by atoms with Crippen molar-refractivity contribution < 1.29 is 4.79 Å². The minimum atomic E-state index is -0.197. The van der Waals surface area contributed by atoms with Crippen molar-refractivity contribution in [3.8, 4) is 0 Å². The third-order valence-corrected chi connectivity index (χ3v) is 4.37. The van der Waals surface area contributed by atoms with Crippen LogP contribution in [0.15, 0.2) is 46.3 Å². The molecule has 0 unspecified atom stereocenters. The lowest BCUT2D eigenvalue weighted by Crippen LogP contribution is -2.35. The van der Waals surface area contributed by atoms with E-state index < -0.39 is 0 Å². The molecule has 0 aliphatic heterocycles. The van der Waals surface area contributed by atoms with Crippen molar-refractivity contribution in [3.05, 3.63) is 58.0 Å². The Bertz CT molecular complexity index is 742. The van der Waals surface area contributed by atoms with Gasteiger partial charge >= 0.3 is 0 Å². The number of aromatic nitrogens is 2. The van der Waals surface area contributed by atoms with Gasteiger partial charge in [0.05, 0.1) is 0 Å². The van der Waals surface area contributed by atoms with Gasteiger partial charge in [0.25, 0.3) is 5.56 Å². The van der Waals surface area contributed by atoms with Gasteiger partial charge in [-0.25, -0.2) is 4.98 Å². The van der Waals surface area contributed by atoms with Crippen LogP contribution in [-0.2, 0) is 17.1 Å². The molecule has 0 spiro atoms. The largest absolute Gasteiger partial charge is 0.354 e. The highest BCUT2D eigenvalue weighted by atomic mass is 32.2. The Balaban J connectivity index is 2.14. The van der Waals surface area contributed by atoms with E-state index in [1.807, 2.05) is 44.2 Å². The number of aryl methyl sites for hydroxylation is 1. The first kappa shape index (κ1) is 18.3. The summed E-state index contributed by atoms with van der Waals surface area (Å²) in [5.41, 5.74) is 1.61. The van der Waals surface area contributed by atoms with Crippen molar-refractivity contribution >= 4 is 17.7 Å². The van der Waals surface area contributed by atoms with E-state index in [1.54, 1.807) is 6.92 Å². The summed E-state index contributed by atoms with van der Waals surface area (Å²) in [7, 11) is 0. The van der Waals surface area contributed by atoms with E-state index >= 15 is 0 Å². The molecule has 0 aliphatic rings. The van der Waals surface area contributed by atoms with Gasteiger partial charge in [-0.2, -0.15) is 0 Å². The number of carbonyl (C=O) groups excluding carboxylic acids is 1. The monoisotopic (exact) mass is 345 g/mol. The van der Waals surface area contributed by atoms with Gasteiger partial charge in [0.15, 0.2) is 5.16 Å². The summed E-state index contributed by atoms with van der Waals surface area (Å²) in [6.07, 6.45) is 0. The van der Waals surface area contributed by atoms with Crippen LogP contribution in [0.4, 0.5) is 0 Å². The number of hydrogen-bond acceptors (Lipinski definition) is 4. The summed E-state index contributed by atoms with van der Waals surface area (Å²) in [5.74, 6) is 0.899. The second-order valence-corrected chi connectivity index (χ2v) is 7.02. The molecule has 6 heteroatoms. The molecule has 0 bridgehead atoms. The maximum absolute atomic E-state index is 12.3. The Morgan fingerprint density at radius 3 is 2.67 bits per heavy atom. The molecular formula is C18H23N3O2S. The Morgan fingerprint density at radius 2 is 2.00 bits per heavy atom. The molecule has 1 aromatic heterocycles. The molecule has 1 amide bonds. The molecule has 2 rings (SSSR count). The van der Waals surface area contributed by atoms with Gasteiger partial charge in [-0.15, -0.1) is 0 Å². The van der Waals surface area contributed by atoms with E-state index in [4.69, 9.17) is 0 Å². The molecular weight excluding hydrogens is 322 g/mol. The van der Waals surface area contributed by atoms with Gasteiger partial charge in [-0.1, -0.05) is 55.9 Å². The highest BCUT2D eigenvalue weighted by Gasteiger charge is 2.12. The topological polar surface area (TPSA) is 64.0 Å². The van der Waals surface area contributed by atoms with E-state index in [1.165, 1.54) is 22.4 Å². The standard InChI is InChI=1S/C18H23N3O2S/c1-13(2)10-19-16(22)11-21-17(23)9-14(3)20-18(21)24-12-15-7-5-4-6-8-15/h4-9,13H,10-12H2,1-3H3,(H,19,22). The van der Waals surface area contributed by atoms with Crippen molar-refractivity contribution in [2.75, 3.05) is 6.54 Å². The third kappa shape index (κ3) is 5.53. The maximum Gasteiger partial charge on any atom is 0.254 e. The molecule has 1 aromatic carbocycles. The zero-order valence-electron chi connectivity index (χ0n) is 14.3. The summed E-state index contributed by atoms with van der Waals surface area (Å²) >= 11 is 1.47. The van der Waals surface area contributed by atoms with Gasteiger partial charge in [0, 0.05) is 24.1 Å². The first-order valence-electron chi connectivity index (χ1n) is 7.97. The number of nitrogens with one attached hydrogen (secondary N) is 1. The molecule has 1 N–H and O–H groups in total. The van der Waals surface area contributed by atoms with Crippen molar-refractivity contribution in [2.24, 2.45) is 5.92 Å². The highest BCUT2D eigenvalue weighted by Crippen LogP contribution is 2.20. The number of amides is 1. The third-order valence-electron chi connectivity index (χ3n) is 3.32. The predicted octanol–water partition coefficient (Wildman–Crippen LogP) is 2.62. The van der Waals surface area contributed by atoms with Gasteiger partial charge in [-0.05, 0) is 18.4 Å². The highest BCUT2D eigenvalue weighted by molar-refractivity contribution is 7.98. The minimum absolute atomic E-state index is 0.00401. The fraction of sp³-hybridized carbons (Fsp3) is 0.389. The van der Waals surface area contributed by atoms with E-state index in [-0.39, 0.29) is 18.0 Å². The summed E-state index contributed by atoms with van der Waals surface area (Å²) in [6.45, 7) is 6.44. The number of nitrogens with zero attached hydrogens (tertiary/aromatic N) is 2. The summed E-state index contributed by atoms with van der Waals surface area (Å²) in [6, 6.07) is 11.4. The number of rotatable bonds is 7. The zero-order chi connectivity index (χ0) is 17.5. The fourth-order valence-corrected chi connectivity index (χ4v) is 3.10. The summed E-state index contributed by atoms with van der Waals surface area (Å²) in [4.78, 5) is 28.8. The smallest absolute Gasteiger partial charge is 0.254 e. The van der Waals surface area contributed by atoms with Crippen molar-refractivity contribution in [1.82, 2.24) is 14.9 Å². The number of hydrogen-bond donors (Lipinski definition) is 1. The van der Waals surface area contributed by atoms with Gasteiger partial charge in [0.2, 0.25) is 5.91 Å². The van der Waals surface area contributed by atoms with Gasteiger partial charge in [-0.3, -0.25) is 14.2 Å². The van der Waals surface area contributed by atoms with Crippen LogP contribution in [0.1, 0.15) is 25.1 Å². The molecule has 0 aliphatic carbocycles. The lowest BCUT2D eigenvalue weighted by molar-refractivity contribution is -0.122. The van der Waals surface area contributed by atoms with Crippen molar-refractivity contribution in [1.29, 1.82) is 0 Å². The molecule has 128 valence electrons. The molecule has 2 aromatic rings. The number of carbonyl (C=O) groups is 1. The minimum Gasteiger partial charge on any atom is -0.354 e. The Hall–Kier alpha value is -2.08. The summed E-state index contributed by atoms with van der Waals surface area (Å²) in [5, 5.41) is 3.41. The fourth-order valence-electron chi connectivity index (χ4n) is 2.09. The average molecular weight is 345 g/mol. The quantitative estimate of drug-likeness (QED) is 0.619. The van der Waals surface area contributed by atoms with Crippen LogP contribution in [0.3, 0.4) is 0 Å². The van der Waals surface area contributed by atoms with Crippen LogP contribution in [-0.4, -0.2) is 22.0 Å². The van der Waals surface area contributed by atoms with Crippen molar-refractivity contribution in [3.63, 3.8) is 0 Å². The van der Waals surface area contributed by atoms with Crippen LogP contribution >= 0.6 is 11.8 Å². The van der Waals surface area contributed by atoms with Crippen LogP contribution < -0.4 is 10.9 Å². The van der Waals surface area contributed by atoms with Gasteiger partial charge in [0.1, 0.15) is 6.54 Å². The SMILES string of the molecule is Cc1cc(=O)n(CC(=O)NCC(C)C)c(SCc2ccccc2)n1. The molecule has 0 saturated heterocycles. The summed E-state index contributed by atoms with van der Waals surface area (Å²) < 4.78 is 1.44. The number of thioether (sulfide) groups is 1. The Kier molecular flexibility index (Phi) is 6.61. The Morgan fingerprint density at radius 1 is 1.29 bits per heavy atom. The molecule has 0 saturated carbocycles. The lowest BCUT2D eigenvalue weighted by Gasteiger charge is -2.13. The second-order valence-electron chi connectivity index (χ2n) is 6.08. The molecule has 24 heavy (non-hydrogen) atoms. The van der Waals surface area contributed by atoms with Crippen LogP contribution in [0, 0.1) is 12.8 Å². The van der Waals surface area contributed by atoms with Crippen LogP contribution in [0.2, 0.25) is 0 Å². The molecule has 0 atom stereocenters. The average Bonchev–Trinajstić information content (AvgIpc) is 2.54. The predicted molar refractivity (Wildman–Crippen MR) is 97.1 cm³/mol. The molecule has 0 radical (unpaired) electrons. The van der Waals surface area contributed by atoms with Crippen molar-refractivity contribution in [2.45, 2.75) is 38.2 Å². The zero-order valence-corrected chi connectivity index (χ0v) is 15.1. The van der Waals surface area contributed by atoms with E-state index in [2.05, 4.69) is 10.3 Å².